The number of hydrogen-bond donors (Lipinski definition) is 0. The Hall–Kier alpha value is -0.0205. The van der Waals surface area contributed by atoms with Crippen LogP contribution in [0.2, 0.25) is 0 Å². The van der Waals surface area contributed by atoms with E-state index in [1.807, 2.05) is 0 Å². The predicted molar refractivity (Wildman–Crippen MR) is 16.8 cm³/mol. The first-order valence-electron chi connectivity index (χ1n) is 1.23. The first-order valence-corrected chi connectivity index (χ1v) is 2.08. The van der Waals surface area contributed by atoms with Gasteiger partial charge in [0, 0.05) is 0 Å². The summed E-state index contributed by atoms with van der Waals surface area (Å²) < 4.78 is 30.5. The fourth-order valence-electron chi connectivity index (χ4n) is 0. The molecule has 0 aliphatic heterocycles. The molecule has 0 amide bonds. The van der Waals surface area contributed by atoms with E-state index in [-0.39, 0.29) is 0 Å². The van der Waals surface area contributed by atoms with Crippen LogP contribution in [-0.2, 0) is 4.79 Å². The first kappa shape index (κ1) is 6.98. The van der Waals surface area contributed by atoms with Gasteiger partial charge >= 0.3 is 44.8 Å². The van der Waals surface area contributed by atoms with Crippen LogP contribution in [0.5, 0.6) is 0 Å². The first-order chi connectivity index (χ1) is 2.94. The number of carbonyl (C=O) groups is 1. The SMILES string of the molecule is O=C([Se])C(F)(F)F. The number of halogens is 3. The molecule has 0 aromatic rings. The van der Waals surface area contributed by atoms with Gasteiger partial charge in [-0.25, -0.2) is 0 Å². The zero-order chi connectivity index (χ0) is 6.08. The molecule has 7 heavy (non-hydrogen) atoms. The molecule has 0 saturated heterocycles. The molecule has 0 rings (SSSR count). The molecular formula is C2F3OSe. The van der Waals surface area contributed by atoms with E-state index >= 15 is 0 Å². The van der Waals surface area contributed by atoms with Crippen LogP contribution >= 0.6 is 0 Å². The van der Waals surface area contributed by atoms with Gasteiger partial charge < -0.3 is 0 Å². The monoisotopic (exact) mass is 177 g/mol. The van der Waals surface area contributed by atoms with Crippen LogP contribution in [0, 0.1) is 0 Å². The van der Waals surface area contributed by atoms with Crippen molar-refractivity contribution in [2.24, 2.45) is 0 Å². The minimum absolute atomic E-state index is 1.32. The number of rotatable bonds is 0. The summed E-state index contributed by atoms with van der Waals surface area (Å²) >= 11 is 1.32. The van der Waals surface area contributed by atoms with E-state index in [1.54, 1.807) is 0 Å². The number of hydrogen-bond acceptors (Lipinski definition) is 1. The van der Waals surface area contributed by atoms with Gasteiger partial charge in [-0.05, 0) is 0 Å². The second-order valence-corrected chi connectivity index (χ2v) is 1.56. The van der Waals surface area contributed by atoms with Crippen LogP contribution in [0.3, 0.4) is 0 Å². The van der Waals surface area contributed by atoms with Crippen molar-refractivity contribution in [1.29, 1.82) is 0 Å². The van der Waals surface area contributed by atoms with E-state index in [9.17, 15) is 18.0 Å². The summed E-state index contributed by atoms with van der Waals surface area (Å²) in [6.07, 6.45) is -4.69. The Morgan fingerprint density at radius 1 is 1.43 bits per heavy atom. The zero-order valence-corrected chi connectivity index (χ0v) is 4.66. The molecule has 0 N–H and O–H groups in total. The van der Waals surface area contributed by atoms with Gasteiger partial charge in [0.1, 0.15) is 0 Å². The topological polar surface area (TPSA) is 17.1 Å². The van der Waals surface area contributed by atoms with E-state index in [4.69, 9.17) is 0 Å². The summed E-state index contributed by atoms with van der Waals surface area (Å²) in [5.41, 5.74) is 0. The number of carbonyl (C=O) groups excluding carboxylic acids is 1. The Morgan fingerprint density at radius 3 is 1.57 bits per heavy atom. The molecule has 0 unspecified atom stereocenters. The van der Waals surface area contributed by atoms with Crippen molar-refractivity contribution in [3.63, 3.8) is 0 Å². The molecule has 0 atom stereocenters. The van der Waals surface area contributed by atoms with Gasteiger partial charge in [-0.2, -0.15) is 0 Å². The van der Waals surface area contributed by atoms with Crippen molar-refractivity contribution < 1.29 is 18.0 Å². The molecule has 41 valence electrons. The summed E-state index contributed by atoms with van der Waals surface area (Å²) in [6.45, 7) is 0. The molecule has 1 nitrogen and oxygen atoms in total. The van der Waals surface area contributed by atoms with Gasteiger partial charge in [-0.3, -0.25) is 0 Å². The van der Waals surface area contributed by atoms with Crippen LogP contribution in [-0.4, -0.2) is 26.9 Å². The summed E-state index contributed by atoms with van der Waals surface area (Å²) in [5.74, 6) is 0. The Morgan fingerprint density at radius 2 is 1.57 bits per heavy atom. The zero-order valence-electron chi connectivity index (χ0n) is 2.95. The van der Waals surface area contributed by atoms with E-state index in [1.165, 1.54) is 16.0 Å². The molecule has 0 spiro atoms. The Labute approximate surface area is 45.7 Å². The van der Waals surface area contributed by atoms with Crippen LogP contribution < -0.4 is 0 Å². The van der Waals surface area contributed by atoms with Crippen molar-refractivity contribution in [2.45, 2.75) is 6.18 Å². The Kier molecular flexibility index (Phi) is 1.83. The average Bonchev–Trinajstić information content (AvgIpc) is 1.31. The van der Waals surface area contributed by atoms with Crippen LogP contribution in [0.1, 0.15) is 0 Å². The second-order valence-electron chi connectivity index (χ2n) is 0.785. The molecule has 0 aromatic carbocycles. The molecule has 5 heteroatoms. The van der Waals surface area contributed by atoms with E-state index in [0.717, 1.165) is 0 Å². The molecular weight excluding hydrogens is 176 g/mol. The maximum atomic E-state index is 10.8. The summed E-state index contributed by atoms with van der Waals surface area (Å²) in [5, 5.41) is 0. The summed E-state index contributed by atoms with van der Waals surface area (Å²) in [4.78, 5) is 9.28. The average molecular weight is 176 g/mol. The minimum atomic E-state index is -4.69. The van der Waals surface area contributed by atoms with E-state index < -0.39 is 10.9 Å². The molecule has 0 bridgehead atoms. The van der Waals surface area contributed by atoms with Gasteiger partial charge in [-0.1, -0.05) is 0 Å². The third kappa shape index (κ3) is 2.65. The molecule has 0 aromatic heterocycles. The van der Waals surface area contributed by atoms with Crippen molar-refractivity contribution in [3.05, 3.63) is 0 Å². The molecule has 1 radical (unpaired) electrons. The predicted octanol–water partition coefficient (Wildman–Crippen LogP) is 0.244. The Balaban J connectivity index is 3.79. The van der Waals surface area contributed by atoms with Gasteiger partial charge in [0.05, 0.1) is 0 Å². The van der Waals surface area contributed by atoms with Crippen molar-refractivity contribution >= 4 is 20.7 Å². The van der Waals surface area contributed by atoms with Gasteiger partial charge in [0.15, 0.2) is 0 Å². The Bertz CT molecular complexity index is 85.4. The molecule has 0 saturated carbocycles. The quantitative estimate of drug-likeness (QED) is 0.483. The van der Waals surface area contributed by atoms with Crippen LogP contribution in [0.25, 0.3) is 0 Å². The van der Waals surface area contributed by atoms with Crippen molar-refractivity contribution in [1.82, 2.24) is 0 Å². The fraction of sp³-hybridized carbons (Fsp3) is 0.500. The van der Waals surface area contributed by atoms with E-state index in [0.29, 0.717) is 0 Å². The van der Waals surface area contributed by atoms with Crippen molar-refractivity contribution in [3.8, 4) is 0 Å². The van der Waals surface area contributed by atoms with Crippen LogP contribution in [0.15, 0.2) is 0 Å². The van der Waals surface area contributed by atoms with Crippen LogP contribution in [0.4, 0.5) is 13.2 Å². The normalized spacial score (nSPS) is 11.3. The number of alkyl halides is 3. The summed E-state index contributed by atoms with van der Waals surface area (Å²) in [7, 11) is 0. The molecule has 0 fully saturated rings. The van der Waals surface area contributed by atoms with Gasteiger partial charge in [0.2, 0.25) is 0 Å². The standard InChI is InChI=1S/C2F3OSe/c3-2(4,5)1(6)7. The summed E-state index contributed by atoms with van der Waals surface area (Å²) in [6, 6.07) is 0. The van der Waals surface area contributed by atoms with E-state index in [2.05, 4.69) is 0 Å². The third-order valence-electron chi connectivity index (χ3n) is 0.231. The van der Waals surface area contributed by atoms with Gasteiger partial charge in [0.25, 0.3) is 0 Å². The fourth-order valence-corrected chi connectivity index (χ4v) is 0. The maximum absolute atomic E-state index is 10.8. The second kappa shape index (κ2) is 1.84. The van der Waals surface area contributed by atoms with Gasteiger partial charge in [-0.15, -0.1) is 0 Å². The van der Waals surface area contributed by atoms with Crippen molar-refractivity contribution in [2.75, 3.05) is 0 Å². The molecule has 0 heterocycles. The third-order valence-corrected chi connectivity index (χ3v) is 0.717. The molecule has 0 aliphatic carbocycles. The molecule has 0 aliphatic rings.